The molecule has 0 aliphatic carbocycles. The molecule has 0 amide bonds. The minimum absolute atomic E-state index is 0.755. The summed E-state index contributed by atoms with van der Waals surface area (Å²) in [6, 6.07) is -1.67. The summed E-state index contributed by atoms with van der Waals surface area (Å²) in [5.74, 6) is -2.94. The van der Waals surface area contributed by atoms with E-state index in [9.17, 15) is 18.0 Å². The third-order valence-corrected chi connectivity index (χ3v) is 2.99. The van der Waals surface area contributed by atoms with E-state index in [1.165, 1.54) is 14.1 Å². The molecule has 0 radical (unpaired) electrons. The van der Waals surface area contributed by atoms with E-state index in [4.69, 9.17) is 10.2 Å². The molecule has 1 atom stereocenters. The highest BCUT2D eigenvalue weighted by atomic mass is 32.2. The lowest BCUT2D eigenvalue weighted by Crippen LogP contribution is -2.46. The molecule has 0 aromatic rings. The van der Waals surface area contributed by atoms with E-state index in [0.29, 0.717) is 0 Å². The molecule has 0 saturated carbocycles. The number of nitrogens with one attached hydrogen (secondary N) is 1. The first-order chi connectivity index (χ1) is 6.66. The summed E-state index contributed by atoms with van der Waals surface area (Å²) in [5.41, 5.74) is 0. The van der Waals surface area contributed by atoms with E-state index < -0.39 is 34.6 Å². The molecular weight excluding hydrogens is 228 g/mol. The number of hydrogen-bond donors (Lipinski definition) is 3. The van der Waals surface area contributed by atoms with Crippen LogP contribution in [0.25, 0.3) is 0 Å². The van der Waals surface area contributed by atoms with Crippen LogP contribution in [0.5, 0.6) is 0 Å². The molecule has 0 fully saturated rings. The SMILES string of the molecule is CN(C)S(=O)(=O)N[C@H](CC(=O)O)C(=O)O. The van der Waals surface area contributed by atoms with Crippen LogP contribution in [0, 0.1) is 0 Å². The normalized spacial score (nSPS) is 13.8. The standard InChI is InChI=1S/C6H12N2O6S/c1-8(2)15(13,14)7-4(6(11)12)3-5(9)10/h4,7H,3H2,1-2H3,(H,9,10)(H,11,12)/t4-/m1/s1. The molecular formula is C6H12N2O6S. The summed E-state index contributed by atoms with van der Waals surface area (Å²) in [5, 5.41) is 16.9. The summed E-state index contributed by atoms with van der Waals surface area (Å²) >= 11 is 0. The van der Waals surface area contributed by atoms with Crippen molar-refractivity contribution in [2.45, 2.75) is 12.5 Å². The van der Waals surface area contributed by atoms with Gasteiger partial charge in [-0.15, -0.1) is 0 Å². The van der Waals surface area contributed by atoms with E-state index >= 15 is 0 Å². The number of carboxylic acids is 2. The van der Waals surface area contributed by atoms with E-state index in [1.54, 1.807) is 4.72 Å². The van der Waals surface area contributed by atoms with Crippen molar-refractivity contribution in [2.24, 2.45) is 0 Å². The predicted molar refractivity (Wildman–Crippen MR) is 49.4 cm³/mol. The minimum atomic E-state index is -3.95. The maximum absolute atomic E-state index is 11.2. The fourth-order valence-corrected chi connectivity index (χ4v) is 1.39. The van der Waals surface area contributed by atoms with Crippen molar-refractivity contribution in [1.82, 2.24) is 9.03 Å². The maximum Gasteiger partial charge on any atom is 0.322 e. The topological polar surface area (TPSA) is 124 Å². The Morgan fingerprint density at radius 1 is 1.33 bits per heavy atom. The van der Waals surface area contributed by atoms with Crippen LogP contribution in [0.2, 0.25) is 0 Å². The van der Waals surface area contributed by atoms with Gasteiger partial charge in [-0.1, -0.05) is 0 Å². The van der Waals surface area contributed by atoms with Crippen LogP contribution in [-0.2, 0) is 19.8 Å². The van der Waals surface area contributed by atoms with E-state index in [2.05, 4.69) is 0 Å². The summed E-state index contributed by atoms with van der Waals surface area (Å²) in [4.78, 5) is 20.8. The highest BCUT2D eigenvalue weighted by Gasteiger charge is 2.27. The molecule has 0 aliphatic heterocycles. The number of carboxylic acid groups (broad SMARTS) is 2. The number of nitrogens with zero attached hydrogens (tertiary/aromatic N) is 1. The second-order valence-electron chi connectivity index (χ2n) is 2.89. The van der Waals surface area contributed by atoms with Crippen molar-refractivity contribution < 1.29 is 28.2 Å². The summed E-state index contributed by atoms with van der Waals surface area (Å²) in [6.45, 7) is 0. The Hall–Kier alpha value is -1.19. The van der Waals surface area contributed by atoms with Crippen LogP contribution >= 0.6 is 0 Å². The van der Waals surface area contributed by atoms with Crippen LogP contribution in [-0.4, -0.2) is 55.0 Å². The van der Waals surface area contributed by atoms with Crippen molar-refractivity contribution in [3.8, 4) is 0 Å². The lowest BCUT2D eigenvalue weighted by molar-refractivity contribution is -0.145. The zero-order valence-corrected chi connectivity index (χ0v) is 8.98. The summed E-state index contributed by atoms with van der Waals surface area (Å²) in [7, 11) is -1.56. The average molecular weight is 240 g/mol. The Kier molecular flexibility index (Phi) is 4.65. The molecule has 0 saturated heterocycles. The van der Waals surface area contributed by atoms with Gasteiger partial charge in [-0.2, -0.15) is 17.4 Å². The molecule has 0 bridgehead atoms. The first-order valence-electron chi connectivity index (χ1n) is 3.81. The highest BCUT2D eigenvalue weighted by Crippen LogP contribution is 1.98. The largest absolute Gasteiger partial charge is 0.481 e. The van der Waals surface area contributed by atoms with Gasteiger partial charge in [0.25, 0.3) is 10.2 Å². The smallest absolute Gasteiger partial charge is 0.322 e. The van der Waals surface area contributed by atoms with Gasteiger partial charge in [-0.05, 0) is 0 Å². The Labute approximate surface area is 86.7 Å². The minimum Gasteiger partial charge on any atom is -0.481 e. The molecule has 3 N–H and O–H groups in total. The number of rotatable bonds is 6. The lowest BCUT2D eigenvalue weighted by atomic mass is 10.2. The Morgan fingerprint density at radius 3 is 2.07 bits per heavy atom. The molecule has 0 aromatic heterocycles. The number of carbonyl (C=O) groups is 2. The quantitative estimate of drug-likeness (QED) is 0.509. The lowest BCUT2D eigenvalue weighted by Gasteiger charge is -2.16. The van der Waals surface area contributed by atoms with Crippen LogP contribution in [0.4, 0.5) is 0 Å². The first kappa shape index (κ1) is 13.8. The van der Waals surface area contributed by atoms with Gasteiger partial charge in [0.05, 0.1) is 6.42 Å². The van der Waals surface area contributed by atoms with Crippen molar-refractivity contribution in [3.63, 3.8) is 0 Å². The van der Waals surface area contributed by atoms with Crippen LogP contribution in [0.1, 0.15) is 6.42 Å². The summed E-state index contributed by atoms with van der Waals surface area (Å²) in [6.07, 6.45) is -0.817. The fraction of sp³-hybridized carbons (Fsp3) is 0.667. The Bertz CT molecular complexity index is 349. The molecule has 0 spiro atoms. The highest BCUT2D eigenvalue weighted by molar-refractivity contribution is 7.87. The molecule has 8 nitrogen and oxygen atoms in total. The van der Waals surface area contributed by atoms with Gasteiger partial charge in [-0.25, -0.2) is 0 Å². The monoisotopic (exact) mass is 240 g/mol. The van der Waals surface area contributed by atoms with Crippen molar-refractivity contribution in [3.05, 3.63) is 0 Å². The predicted octanol–water partition coefficient (Wildman–Crippen LogP) is -1.69. The van der Waals surface area contributed by atoms with Crippen molar-refractivity contribution in [1.29, 1.82) is 0 Å². The molecule has 0 aromatic carbocycles. The second-order valence-corrected chi connectivity index (χ2v) is 4.81. The molecule has 9 heteroatoms. The molecule has 15 heavy (non-hydrogen) atoms. The van der Waals surface area contributed by atoms with E-state index in [1.807, 2.05) is 0 Å². The Balaban J connectivity index is 4.70. The molecule has 0 rings (SSSR count). The summed E-state index contributed by atoms with van der Waals surface area (Å²) < 4.78 is 24.9. The van der Waals surface area contributed by atoms with Gasteiger partial charge in [0.2, 0.25) is 0 Å². The van der Waals surface area contributed by atoms with Gasteiger partial charge < -0.3 is 10.2 Å². The van der Waals surface area contributed by atoms with E-state index in [-0.39, 0.29) is 0 Å². The number of aliphatic carboxylic acids is 2. The van der Waals surface area contributed by atoms with Gasteiger partial charge in [0.15, 0.2) is 0 Å². The molecule has 0 heterocycles. The van der Waals surface area contributed by atoms with Crippen molar-refractivity contribution in [2.75, 3.05) is 14.1 Å². The molecule has 88 valence electrons. The van der Waals surface area contributed by atoms with Gasteiger partial charge in [0, 0.05) is 14.1 Å². The first-order valence-corrected chi connectivity index (χ1v) is 5.25. The third-order valence-electron chi connectivity index (χ3n) is 1.45. The Morgan fingerprint density at radius 2 is 1.80 bits per heavy atom. The number of hydrogen-bond acceptors (Lipinski definition) is 4. The van der Waals surface area contributed by atoms with Crippen LogP contribution < -0.4 is 4.72 Å². The van der Waals surface area contributed by atoms with Gasteiger partial charge in [0.1, 0.15) is 6.04 Å². The molecule has 0 unspecified atom stereocenters. The van der Waals surface area contributed by atoms with Crippen LogP contribution in [0.15, 0.2) is 0 Å². The third kappa shape index (κ3) is 4.72. The van der Waals surface area contributed by atoms with Crippen molar-refractivity contribution >= 4 is 22.1 Å². The fourth-order valence-electron chi connectivity index (χ4n) is 0.639. The zero-order valence-electron chi connectivity index (χ0n) is 8.17. The van der Waals surface area contributed by atoms with Gasteiger partial charge >= 0.3 is 11.9 Å². The second kappa shape index (κ2) is 5.05. The average Bonchev–Trinajstić information content (AvgIpc) is 2.01. The molecule has 0 aliphatic rings. The van der Waals surface area contributed by atoms with E-state index in [0.717, 1.165) is 4.31 Å². The maximum atomic E-state index is 11.2. The van der Waals surface area contributed by atoms with Gasteiger partial charge in [-0.3, -0.25) is 9.59 Å². The van der Waals surface area contributed by atoms with Crippen LogP contribution in [0.3, 0.4) is 0 Å². The zero-order chi connectivity index (χ0) is 12.2.